The third-order valence-corrected chi connectivity index (χ3v) is 3.90. The van der Waals surface area contributed by atoms with Crippen LogP contribution in [0.5, 0.6) is 5.88 Å². The monoisotopic (exact) mass is 473 g/mol. The Morgan fingerprint density at radius 3 is 2.18 bits per heavy atom. The van der Waals surface area contributed by atoms with Crippen LogP contribution in [-0.2, 0) is 17.1 Å². The molecule has 3 aromatic rings. The maximum Gasteiger partial charge on any atom is 0.416 e. The van der Waals surface area contributed by atoms with Gasteiger partial charge in [-0.3, -0.25) is 5.01 Å². The molecule has 9 nitrogen and oxygen atoms in total. The van der Waals surface area contributed by atoms with Gasteiger partial charge in [0.2, 0.25) is 5.88 Å². The summed E-state index contributed by atoms with van der Waals surface area (Å²) in [5.41, 5.74) is -3.52. The Labute approximate surface area is 181 Å². The summed E-state index contributed by atoms with van der Waals surface area (Å²) < 4.78 is 83.9. The number of hydrogen-bond donors (Lipinski definition) is 1. The van der Waals surface area contributed by atoms with E-state index in [0.29, 0.717) is 18.0 Å². The van der Waals surface area contributed by atoms with Crippen LogP contribution < -0.4 is 15.6 Å². The lowest BCUT2D eigenvalue weighted by Gasteiger charge is -2.13. The normalized spacial score (nSPS) is 12.2. The standard InChI is InChI=1S/C18H13F6N7O2/c1-30(25)13-7-27-14(8-26-13)33-15(32)2-3-31-9-28-16(29-31)10-4-11(17(19,20)21)6-12(5-10)18(22,23)24/h2-9H,25H2,1H3/b3-2-. The molecule has 0 radical (unpaired) electrons. The summed E-state index contributed by atoms with van der Waals surface area (Å²) in [7, 11) is 1.52. The molecule has 1 aromatic carbocycles. The van der Waals surface area contributed by atoms with Crippen molar-refractivity contribution in [1.29, 1.82) is 0 Å². The number of hydrazine groups is 1. The Kier molecular flexibility index (Phi) is 6.34. The molecule has 0 bridgehead atoms. The van der Waals surface area contributed by atoms with Crippen molar-refractivity contribution in [1.82, 2.24) is 24.7 Å². The number of nitrogens with two attached hydrogens (primary N) is 1. The molecule has 2 heterocycles. The number of aromatic nitrogens is 5. The van der Waals surface area contributed by atoms with Crippen molar-refractivity contribution in [3.05, 3.63) is 54.1 Å². The first-order chi connectivity index (χ1) is 15.3. The first-order valence-electron chi connectivity index (χ1n) is 8.74. The van der Waals surface area contributed by atoms with Gasteiger partial charge in [0.25, 0.3) is 0 Å². The lowest BCUT2D eigenvalue weighted by atomic mass is 10.0. The fourth-order valence-corrected chi connectivity index (χ4v) is 2.38. The first kappa shape index (κ1) is 23.6. The van der Waals surface area contributed by atoms with E-state index in [9.17, 15) is 31.1 Å². The van der Waals surface area contributed by atoms with Gasteiger partial charge < -0.3 is 4.74 Å². The highest BCUT2D eigenvalue weighted by molar-refractivity contribution is 5.86. The molecule has 174 valence electrons. The van der Waals surface area contributed by atoms with Gasteiger partial charge >= 0.3 is 18.3 Å². The van der Waals surface area contributed by atoms with E-state index in [4.69, 9.17) is 10.6 Å². The minimum atomic E-state index is -5.01. The van der Waals surface area contributed by atoms with Gasteiger partial charge in [-0.1, -0.05) is 0 Å². The SMILES string of the molecule is CN(N)c1cnc(OC(=O)/C=C\n2cnc(-c3cc(C(F)(F)F)cc(C(F)(F)F)c3)n2)cn1. The van der Waals surface area contributed by atoms with E-state index in [-0.39, 0.29) is 11.9 Å². The Balaban J connectivity index is 1.78. The topological polar surface area (TPSA) is 112 Å². The van der Waals surface area contributed by atoms with Crippen LogP contribution in [0.2, 0.25) is 0 Å². The third kappa shape index (κ3) is 6.03. The van der Waals surface area contributed by atoms with E-state index < -0.39 is 40.8 Å². The van der Waals surface area contributed by atoms with Crippen molar-refractivity contribution in [3.63, 3.8) is 0 Å². The molecule has 0 saturated carbocycles. The van der Waals surface area contributed by atoms with Crippen molar-refractivity contribution in [2.75, 3.05) is 12.1 Å². The number of nitrogens with zero attached hydrogens (tertiary/aromatic N) is 6. The van der Waals surface area contributed by atoms with E-state index in [0.717, 1.165) is 29.5 Å². The van der Waals surface area contributed by atoms with Crippen molar-refractivity contribution < 1.29 is 35.9 Å². The van der Waals surface area contributed by atoms with Crippen LogP contribution in [-0.4, -0.2) is 37.7 Å². The van der Waals surface area contributed by atoms with Crippen molar-refractivity contribution in [3.8, 4) is 17.3 Å². The molecule has 0 unspecified atom stereocenters. The summed E-state index contributed by atoms with van der Waals surface area (Å²) in [5, 5.41) is 4.95. The van der Waals surface area contributed by atoms with Crippen molar-refractivity contribution in [2.45, 2.75) is 12.4 Å². The summed E-state index contributed by atoms with van der Waals surface area (Å²) in [6.07, 6.45) is -4.72. The molecular formula is C18H13F6N7O2. The van der Waals surface area contributed by atoms with Gasteiger partial charge in [-0.05, 0) is 18.2 Å². The van der Waals surface area contributed by atoms with Gasteiger partial charge in [0, 0.05) is 24.9 Å². The lowest BCUT2D eigenvalue weighted by molar-refractivity contribution is -0.143. The number of alkyl halides is 6. The van der Waals surface area contributed by atoms with Crippen LogP contribution in [0, 0.1) is 0 Å². The van der Waals surface area contributed by atoms with Crippen LogP contribution in [0.3, 0.4) is 0 Å². The minimum Gasteiger partial charge on any atom is -0.403 e. The van der Waals surface area contributed by atoms with Gasteiger partial charge in [0.15, 0.2) is 11.6 Å². The summed E-state index contributed by atoms with van der Waals surface area (Å²) in [5.74, 6) is 4.31. The Hall–Kier alpha value is -4.01. The molecule has 2 N–H and O–H groups in total. The van der Waals surface area contributed by atoms with Crippen molar-refractivity contribution in [2.24, 2.45) is 5.84 Å². The third-order valence-electron chi connectivity index (χ3n) is 3.90. The number of esters is 1. The fourth-order valence-electron chi connectivity index (χ4n) is 2.38. The highest BCUT2D eigenvalue weighted by Crippen LogP contribution is 2.38. The maximum absolute atomic E-state index is 13.0. The van der Waals surface area contributed by atoms with E-state index in [1.165, 1.54) is 18.3 Å². The van der Waals surface area contributed by atoms with Crippen LogP contribution in [0.1, 0.15) is 11.1 Å². The average molecular weight is 473 g/mol. The molecular weight excluding hydrogens is 460 g/mol. The first-order valence-corrected chi connectivity index (χ1v) is 8.74. The number of rotatable bonds is 5. The molecule has 33 heavy (non-hydrogen) atoms. The second-order valence-corrected chi connectivity index (χ2v) is 6.40. The number of halogens is 6. The van der Waals surface area contributed by atoms with E-state index in [2.05, 4.69) is 20.1 Å². The Morgan fingerprint density at radius 1 is 1.03 bits per heavy atom. The Bertz CT molecular complexity index is 1140. The van der Waals surface area contributed by atoms with E-state index in [1.807, 2.05) is 0 Å². The predicted molar refractivity (Wildman–Crippen MR) is 101 cm³/mol. The average Bonchev–Trinajstić information content (AvgIpc) is 3.20. The van der Waals surface area contributed by atoms with E-state index >= 15 is 0 Å². The highest BCUT2D eigenvalue weighted by Gasteiger charge is 2.37. The predicted octanol–water partition coefficient (Wildman–Crippen LogP) is 3.16. The summed E-state index contributed by atoms with van der Waals surface area (Å²) in [6.45, 7) is 0. The number of carbonyl (C=O) groups excluding carboxylic acids is 1. The lowest BCUT2D eigenvalue weighted by Crippen LogP contribution is -2.26. The van der Waals surface area contributed by atoms with Gasteiger partial charge in [-0.25, -0.2) is 30.3 Å². The second-order valence-electron chi connectivity index (χ2n) is 6.40. The number of hydrogen-bond acceptors (Lipinski definition) is 8. The maximum atomic E-state index is 13.0. The summed E-state index contributed by atoms with van der Waals surface area (Å²) in [6, 6.07) is 0.985. The fraction of sp³-hybridized carbons (Fsp3) is 0.167. The van der Waals surface area contributed by atoms with Crippen LogP contribution >= 0.6 is 0 Å². The van der Waals surface area contributed by atoms with Crippen LogP contribution in [0.4, 0.5) is 32.2 Å². The summed E-state index contributed by atoms with van der Waals surface area (Å²) in [4.78, 5) is 23.3. The molecule has 0 fully saturated rings. The molecule has 0 saturated heterocycles. The second kappa shape index (κ2) is 8.85. The van der Waals surface area contributed by atoms with Crippen LogP contribution in [0.15, 0.2) is 43.0 Å². The van der Waals surface area contributed by atoms with Gasteiger partial charge in [-0.15, -0.1) is 5.10 Å². The smallest absolute Gasteiger partial charge is 0.403 e. The highest BCUT2D eigenvalue weighted by atomic mass is 19.4. The molecule has 0 aliphatic carbocycles. The number of ether oxygens (including phenoxy) is 1. The molecule has 0 amide bonds. The zero-order valence-corrected chi connectivity index (χ0v) is 16.5. The number of anilines is 1. The van der Waals surface area contributed by atoms with Crippen molar-refractivity contribution >= 4 is 18.0 Å². The van der Waals surface area contributed by atoms with Gasteiger partial charge in [0.1, 0.15) is 6.33 Å². The number of benzene rings is 1. The molecule has 0 spiro atoms. The van der Waals surface area contributed by atoms with Gasteiger partial charge in [-0.2, -0.15) is 26.3 Å². The molecule has 0 aliphatic heterocycles. The quantitative estimate of drug-likeness (QED) is 0.198. The zero-order chi connectivity index (χ0) is 24.4. The number of carbonyl (C=O) groups is 1. The van der Waals surface area contributed by atoms with E-state index in [1.54, 1.807) is 0 Å². The summed E-state index contributed by atoms with van der Waals surface area (Å²) >= 11 is 0. The zero-order valence-electron chi connectivity index (χ0n) is 16.5. The minimum absolute atomic E-state index is 0.00258. The van der Waals surface area contributed by atoms with Crippen LogP contribution in [0.25, 0.3) is 17.6 Å². The molecule has 2 aromatic heterocycles. The Morgan fingerprint density at radius 2 is 1.67 bits per heavy atom. The largest absolute Gasteiger partial charge is 0.416 e. The molecule has 0 atom stereocenters. The molecule has 3 rings (SSSR count). The molecule has 0 aliphatic rings. The molecule has 15 heteroatoms. The van der Waals surface area contributed by atoms with Gasteiger partial charge in [0.05, 0.1) is 23.5 Å².